The van der Waals surface area contributed by atoms with Crippen LogP contribution in [0.3, 0.4) is 0 Å². The third-order valence-electron chi connectivity index (χ3n) is 5.46. The van der Waals surface area contributed by atoms with Gasteiger partial charge in [0.05, 0.1) is 7.11 Å². The molecule has 2 aliphatic rings. The van der Waals surface area contributed by atoms with Gasteiger partial charge in [-0.3, -0.25) is 14.5 Å². The number of carbonyl (C=O) groups is 2. The lowest BCUT2D eigenvalue weighted by atomic mass is 9.95. The van der Waals surface area contributed by atoms with E-state index in [2.05, 4.69) is 15.5 Å². The maximum atomic E-state index is 12.1. The van der Waals surface area contributed by atoms with Crippen LogP contribution in [0.4, 0.5) is 0 Å². The Morgan fingerprint density at radius 3 is 2.59 bits per heavy atom. The molecular weight excluding hydrogens is 362 g/mol. The Kier molecular flexibility index (Phi) is 7.41. The normalized spacial score (nSPS) is 21.0. The molecular formula is C20H29N3O3S. The highest BCUT2D eigenvalue weighted by Crippen LogP contribution is 2.26. The molecule has 0 saturated carbocycles. The Labute approximate surface area is 165 Å². The number of likely N-dealkylation sites (tertiary alicyclic amines) is 1. The van der Waals surface area contributed by atoms with Crippen LogP contribution in [-0.4, -0.2) is 61.0 Å². The van der Waals surface area contributed by atoms with Gasteiger partial charge in [-0.15, -0.1) is 0 Å². The third-order valence-corrected chi connectivity index (χ3v) is 6.61. The first-order chi connectivity index (χ1) is 13.2. The fourth-order valence-electron chi connectivity index (χ4n) is 3.75. The van der Waals surface area contributed by atoms with Crippen LogP contribution in [0.15, 0.2) is 24.3 Å². The average molecular weight is 392 g/mol. The lowest BCUT2D eigenvalue weighted by Crippen LogP contribution is -2.45. The lowest BCUT2D eigenvalue weighted by Gasteiger charge is -2.35. The first-order valence-corrected chi connectivity index (χ1v) is 10.8. The summed E-state index contributed by atoms with van der Waals surface area (Å²) < 4.78 is 5.25. The molecule has 2 heterocycles. The van der Waals surface area contributed by atoms with Gasteiger partial charge in [0.15, 0.2) is 0 Å². The van der Waals surface area contributed by atoms with Crippen LogP contribution in [0.1, 0.15) is 24.8 Å². The Morgan fingerprint density at radius 1 is 1.15 bits per heavy atom. The van der Waals surface area contributed by atoms with E-state index in [4.69, 9.17) is 4.74 Å². The standard InChI is InChI=1S/C20H29N3O3S/c1-26-18-5-3-2-4-16(18)13-22-20(25)19(24)21-12-15-6-9-23(10-7-15)17-8-11-27-14-17/h2-5,15,17H,6-14H2,1H3,(H,21,24)(H,22,25)/t17-/m1/s1. The Morgan fingerprint density at radius 2 is 1.89 bits per heavy atom. The maximum absolute atomic E-state index is 12.1. The smallest absolute Gasteiger partial charge is 0.309 e. The minimum Gasteiger partial charge on any atom is -0.496 e. The van der Waals surface area contributed by atoms with Crippen LogP contribution in [-0.2, 0) is 16.1 Å². The number of hydrogen-bond acceptors (Lipinski definition) is 5. The topological polar surface area (TPSA) is 70.7 Å². The Bertz CT molecular complexity index is 641. The molecule has 2 N–H and O–H groups in total. The van der Waals surface area contributed by atoms with E-state index in [9.17, 15) is 9.59 Å². The summed E-state index contributed by atoms with van der Waals surface area (Å²) in [7, 11) is 1.59. The largest absolute Gasteiger partial charge is 0.496 e. The van der Waals surface area contributed by atoms with Gasteiger partial charge in [-0.1, -0.05) is 18.2 Å². The fourth-order valence-corrected chi connectivity index (χ4v) is 5.01. The molecule has 148 valence electrons. The van der Waals surface area contributed by atoms with Crippen molar-refractivity contribution in [2.75, 3.05) is 38.2 Å². The van der Waals surface area contributed by atoms with E-state index in [0.717, 1.165) is 37.5 Å². The van der Waals surface area contributed by atoms with Crippen molar-refractivity contribution in [1.82, 2.24) is 15.5 Å². The van der Waals surface area contributed by atoms with E-state index in [0.29, 0.717) is 18.2 Å². The van der Waals surface area contributed by atoms with Crippen molar-refractivity contribution in [3.8, 4) is 5.75 Å². The second-order valence-corrected chi connectivity index (χ2v) is 8.35. The first kappa shape index (κ1) is 20.0. The van der Waals surface area contributed by atoms with Gasteiger partial charge in [-0.05, 0) is 50.1 Å². The number of nitrogens with zero attached hydrogens (tertiary/aromatic N) is 1. The van der Waals surface area contributed by atoms with Crippen LogP contribution in [0, 0.1) is 5.92 Å². The third kappa shape index (κ3) is 5.62. The van der Waals surface area contributed by atoms with E-state index in [1.165, 1.54) is 17.9 Å². The molecule has 1 aromatic carbocycles. The molecule has 27 heavy (non-hydrogen) atoms. The van der Waals surface area contributed by atoms with Crippen molar-refractivity contribution < 1.29 is 14.3 Å². The number of piperidine rings is 1. The second-order valence-electron chi connectivity index (χ2n) is 7.20. The number of nitrogens with one attached hydrogen (secondary N) is 2. The average Bonchev–Trinajstić information content (AvgIpc) is 3.25. The lowest BCUT2D eigenvalue weighted by molar-refractivity contribution is -0.139. The van der Waals surface area contributed by atoms with Crippen LogP contribution in [0.5, 0.6) is 5.75 Å². The van der Waals surface area contributed by atoms with Crippen molar-refractivity contribution in [3.05, 3.63) is 29.8 Å². The van der Waals surface area contributed by atoms with Crippen molar-refractivity contribution in [2.45, 2.75) is 31.8 Å². The summed E-state index contributed by atoms with van der Waals surface area (Å²) in [4.78, 5) is 26.7. The summed E-state index contributed by atoms with van der Waals surface area (Å²) in [5.74, 6) is 2.55. The maximum Gasteiger partial charge on any atom is 0.309 e. The van der Waals surface area contributed by atoms with Gasteiger partial charge in [-0.2, -0.15) is 11.8 Å². The summed E-state index contributed by atoms with van der Waals surface area (Å²) in [6.45, 7) is 3.06. The van der Waals surface area contributed by atoms with Gasteiger partial charge in [0.25, 0.3) is 0 Å². The van der Waals surface area contributed by atoms with Crippen molar-refractivity contribution in [2.24, 2.45) is 5.92 Å². The number of para-hydroxylation sites is 1. The Balaban J connectivity index is 1.36. The molecule has 2 aliphatic heterocycles. The number of hydrogen-bond donors (Lipinski definition) is 2. The predicted octanol–water partition coefficient (Wildman–Crippen LogP) is 1.65. The predicted molar refractivity (Wildman–Crippen MR) is 108 cm³/mol. The minimum absolute atomic E-state index is 0.272. The van der Waals surface area contributed by atoms with Crippen molar-refractivity contribution in [1.29, 1.82) is 0 Å². The molecule has 0 aliphatic carbocycles. The second kappa shape index (κ2) is 9.99. The molecule has 1 aromatic rings. The molecule has 0 spiro atoms. The molecule has 2 fully saturated rings. The minimum atomic E-state index is -0.596. The molecule has 2 amide bonds. The molecule has 1 atom stereocenters. The number of amides is 2. The molecule has 0 unspecified atom stereocenters. The van der Waals surface area contributed by atoms with Gasteiger partial charge >= 0.3 is 11.8 Å². The number of ether oxygens (including phenoxy) is 1. The Hall–Kier alpha value is -1.73. The van der Waals surface area contributed by atoms with Gasteiger partial charge in [0, 0.05) is 30.4 Å². The summed E-state index contributed by atoms with van der Waals surface area (Å²) in [6.07, 6.45) is 3.48. The molecule has 3 rings (SSSR count). The summed E-state index contributed by atoms with van der Waals surface area (Å²) in [6, 6.07) is 8.19. The quantitative estimate of drug-likeness (QED) is 0.722. The number of rotatable bonds is 6. The van der Waals surface area contributed by atoms with E-state index in [1.54, 1.807) is 7.11 Å². The van der Waals surface area contributed by atoms with E-state index >= 15 is 0 Å². The highest BCUT2D eigenvalue weighted by molar-refractivity contribution is 7.99. The van der Waals surface area contributed by atoms with E-state index < -0.39 is 11.8 Å². The monoisotopic (exact) mass is 391 g/mol. The van der Waals surface area contributed by atoms with Gasteiger partial charge < -0.3 is 15.4 Å². The molecule has 0 aromatic heterocycles. The van der Waals surface area contributed by atoms with Gasteiger partial charge in [-0.25, -0.2) is 0 Å². The highest BCUT2D eigenvalue weighted by Gasteiger charge is 2.27. The van der Waals surface area contributed by atoms with Crippen molar-refractivity contribution in [3.63, 3.8) is 0 Å². The zero-order chi connectivity index (χ0) is 19.1. The number of thioether (sulfide) groups is 1. The summed E-state index contributed by atoms with van der Waals surface area (Å²) in [5.41, 5.74) is 0.846. The number of benzene rings is 1. The summed E-state index contributed by atoms with van der Waals surface area (Å²) >= 11 is 2.05. The molecule has 0 radical (unpaired) electrons. The highest BCUT2D eigenvalue weighted by atomic mass is 32.2. The molecule has 2 saturated heterocycles. The number of methoxy groups -OCH3 is 1. The van der Waals surface area contributed by atoms with E-state index in [-0.39, 0.29) is 6.54 Å². The van der Waals surface area contributed by atoms with Crippen molar-refractivity contribution >= 4 is 23.6 Å². The summed E-state index contributed by atoms with van der Waals surface area (Å²) in [5, 5.41) is 5.46. The van der Waals surface area contributed by atoms with Crippen LogP contribution in [0.2, 0.25) is 0 Å². The first-order valence-electron chi connectivity index (χ1n) is 9.67. The van der Waals surface area contributed by atoms with Crippen LogP contribution >= 0.6 is 11.8 Å². The molecule has 7 heteroatoms. The number of carbonyl (C=O) groups excluding carboxylic acids is 2. The van der Waals surface area contributed by atoms with Gasteiger partial charge in [0.2, 0.25) is 0 Å². The zero-order valence-corrected chi connectivity index (χ0v) is 16.7. The molecule has 6 nitrogen and oxygen atoms in total. The zero-order valence-electron chi connectivity index (χ0n) is 15.9. The van der Waals surface area contributed by atoms with Crippen LogP contribution < -0.4 is 15.4 Å². The van der Waals surface area contributed by atoms with E-state index in [1.807, 2.05) is 36.0 Å². The molecule has 0 bridgehead atoms. The van der Waals surface area contributed by atoms with Gasteiger partial charge in [0.1, 0.15) is 5.75 Å². The SMILES string of the molecule is COc1ccccc1CNC(=O)C(=O)NCC1CCN([C@@H]2CCSC2)CC1. The van der Waals surface area contributed by atoms with Crippen LogP contribution in [0.25, 0.3) is 0 Å². The fraction of sp³-hybridized carbons (Fsp3) is 0.600.